The molecule has 33 heavy (non-hydrogen) atoms. The SMILES string of the molecule is Cc1cc(C(=O)NNC(=O)c2ccccc2OCC2CCCO2)c(C)n1-c1ccc(F)cc1. The molecule has 8 heteroatoms. The highest BCUT2D eigenvalue weighted by Crippen LogP contribution is 2.22. The van der Waals surface area contributed by atoms with E-state index >= 15 is 0 Å². The van der Waals surface area contributed by atoms with E-state index in [2.05, 4.69) is 10.9 Å². The zero-order valence-corrected chi connectivity index (χ0v) is 18.6. The maximum atomic E-state index is 13.3. The van der Waals surface area contributed by atoms with Crippen LogP contribution in [0.4, 0.5) is 4.39 Å². The third kappa shape index (κ3) is 5.06. The third-order valence-corrected chi connectivity index (χ3v) is 5.63. The van der Waals surface area contributed by atoms with Gasteiger partial charge in [0.05, 0.1) is 17.2 Å². The number of hydrogen-bond acceptors (Lipinski definition) is 4. The number of rotatable bonds is 6. The number of ether oxygens (including phenoxy) is 2. The summed E-state index contributed by atoms with van der Waals surface area (Å²) in [5.41, 5.74) is 7.87. The van der Waals surface area contributed by atoms with Crippen LogP contribution in [0.1, 0.15) is 44.9 Å². The summed E-state index contributed by atoms with van der Waals surface area (Å²) < 4.78 is 26.5. The van der Waals surface area contributed by atoms with Crippen molar-refractivity contribution in [3.8, 4) is 11.4 Å². The number of nitrogens with one attached hydrogen (secondary N) is 2. The number of amides is 2. The smallest absolute Gasteiger partial charge is 0.273 e. The molecule has 2 N–H and O–H groups in total. The van der Waals surface area contributed by atoms with Crippen LogP contribution in [0.3, 0.4) is 0 Å². The Hall–Kier alpha value is -3.65. The Labute approximate surface area is 191 Å². The Bertz CT molecular complexity index is 1150. The van der Waals surface area contributed by atoms with Gasteiger partial charge in [0, 0.05) is 23.7 Å². The van der Waals surface area contributed by atoms with Crippen LogP contribution in [-0.4, -0.2) is 35.7 Å². The molecule has 2 heterocycles. The Morgan fingerprint density at radius 2 is 1.76 bits per heavy atom. The zero-order chi connectivity index (χ0) is 23.4. The lowest BCUT2D eigenvalue weighted by atomic mass is 10.2. The molecule has 1 saturated heterocycles. The van der Waals surface area contributed by atoms with E-state index in [0.717, 1.165) is 30.8 Å². The Balaban J connectivity index is 1.43. The van der Waals surface area contributed by atoms with Crippen molar-refractivity contribution in [2.75, 3.05) is 13.2 Å². The average Bonchev–Trinajstić information content (AvgIpc) is 3.44. The average molecular weight is 451 g/mol. The molecule has 1 aromatic heterocycles. The number of aryl methyl sites for hydroxylation is 1. The number of hydrogen-bond donors (Lipinski definition) is 2. The molecular formula is C25H26FN3O4. The van der Waals surface area contributed by atoms with Gasteiger partial charge in [0.15, 0.2) is 0 Å². The van der Waals surface area contributed by atoms with Crippen LogP contribution in [-0.2, 0) is 4.74 Å². The molecule has 0 radical (unpaired) electrons. The van der Waals surface area contributed by atoms with Crippen molar-refractivity contribution in [3.05, 3.63) is 82.9 Å². The number of benzene rings is 2. The fraction of sp³-hybridized carbons (Fsp3) is 0.280. The van der Waals surface area contributed by atoms with E-state index in [-0.39, 0.29) is 11.9 Å². The second kappa shape index (κ2) is 9.87. The summed E-state index contributed by atoms with van der Waals surface area (Å²) in [5.74, 6) is -0.850. The van der Waals surface area contributed by atoms with Gasteiger partial charge in [-0.1, -0.05) is 12.1 Å². The monoisotopic (exact) mass is 451 g/mol. The van der Waals surface area contributed by atoms with Gasteiger partial charge in [-0.2, -0.15) is 0 Å². The molecule has 1 fully saturated rings. The molecule has 4 rings (SSSR count). The highest BCUT2D eigenvalue weighted by molar-refractivity contribution is 6.01. The first kappa shape index (κ1) is 22.5. The number of hydrazine groups is 1. The first-order valence-electron chi connectivity index (χ1n) is 10.8. The fourth-order valence-electron chi connectivity index (χ4n) is 3.97. The van der Waals surface area contributed by atoms with E-state index in [0.29, 0.717) is 29.2 Å². The summed E-state index contributed by atoms with van der Waals surface area (Å²) in [4.78, 5) is 25.5. The fourth-order valence-corrected chi connectivity index (χ4v) is 3.97. The molecule has 1 aliphatic rings. The number of aromatic nitrogens is 1. The van der Waals surface area contributed by atoms with Gasteiger partial charge in [0.2, 0.25) is 0 Å². The molecule has 7 nitrogen and oxygen atoms in total. The topological polar surface area (TPSA) is 81.6 Å². The summed E-state index contributed by atoms with van der Waals surface area (Å²) in [7, 11) is 0. The van der Waals surface area contributed by atoms with Crippen molar-refractivity contribution in [2.45, 2.75) is 32.8 Å². The van der Waals surface area contributed by atoms with E-state index in [1.807, 2.05) is 11.5 Å². The van der Waals surface area contributed by atoms with Crippen LogP contribution in [0.5, 0.6) is 5.75 Å². The van der Waals surface area contributed by atoms with Gasteiger partial charge in [-0.3, -0.25) is 20.4 Å². The van der Waals surface area contributed by atoms with Crippen LogP contribution in [0, 0.1) is 19.7 Å². The first-order chi connectivity index (χ1) is 15.9. The molecule has 0 bridgehead atoms. The minimum Gasteiger partial charge on any atom is -0.490 e. The summed E-state index contributed by atoms with van der Waals surface area (Å²) in [5, 5.41) is 0. The Kier molecular flexibility index (Phi) is 6.74. The van der Waals surface area contributed by atoms with Gasteiger partial charge in [-0.25, -0.2) is 4.39 Å². The van der Waals surface area contributed by atoms with Gasteiger partial charge in [-0.15, -0.1) is 0 Å². The second-order valence-corrected chi connectivity index (χ2v) is 7.95. The van der Waals surface area contributed by atoms with Gasteiger partial charge in [-0.05, 0) is 69.2 Å². The summed E-state index contributed by atoms with van der Waals surface area (Å²) in [6.45, 7) is 4.74. The minimum atomic E-state index is -0.487. The molecule has 172 valence electrons. The van der Waals surface area contributed by atoms with Gasteiger partial charge in [0.25, 0.3) is 11.8 Å². The zero-order valence-electron chi connectivity index (χ0n) is 18.6. The molecule has 0 aliphatic carbocycles. The van der Waals surface area contributed by atoms with Crippen molar-refractivity contribution in [1.29, 1.82) is 0 Å². The predicted molar refractivity (Wildman–Crippen MR) is 121 cm³/mol. The van der Waals surface area contributed by atoms with E-state index in [9.17, 15) is 14.0 Å². The van der Waals surface area contributed by atoms with Crippen molar-refractivity contribution < 1.29 is 23.5 Å². The number of carbonyl (C=O) groups is 2. The minimum absolute atomic E-state index is 0.0252. The lowest BCUT2D eigenvalue weighted by Crippen LogP contribution is -2.42. The summed E-state index contributed by atoms with van der Waals surface area (Å²) in [6, 6.07) is 14.6. The lowest BCUT2D eigenvalue weighted by Gasteiger charge is -2.15. The first-order valence-corrected chi connectivity index (χ1v) is 10.8. The number of nitrogens with zero attached hydrogens (tertiary/aromatic N) is 1. The number of para-hydroxylation sites is 1. The third-order valence-electron chi connectivity index (χ3n) is 5.63. The largest absolute Gasteiger partial charge is 0.490 e. The lowest BCUT2D eigenvalue weighted by molar-refractivity contribution is 0.0669. The number of halogens is 1. The quantitative estimate of drug-likeness (QED) is 0.558. The Morgan fingerprint density at radius 1 is 1.06 bits per heavy atom. The van der Waals surface area contributed by atoms with Crippen molar-refractivity contribution in [2.24, 2.45) is 0 Å². The molecule has 1 unspecified atom stereocenters. The molecule has 0 spiro atoms. The Morgan fingerprint density at radius 3 is 2.45 bits per heavy atom. The van der Waals surface area contributed by atoms with Gasteiger partial charge < -0.3 is 14.0 Å². The van der Waals surface area contributed by atoms with E-state index in [1.54, 1.807) is 49.4 Å². The second-order valence-electron chi connectivity index (χ2n) is 7.95. The number of carbonyl (C=O) groups excluding carboxylic acids is 2. The normalized spacial score (nSPS) is 15.3. The molecule has 0 saturated carbocycles. The van der Waals surface area contributed by atoms with E-state index in [4.69, 9.17) is 9.47 Å². The van der Waals surface area contributed by atoms with Crippen LogP contribution in [0.2, 0.25) is 0 Å². The van der Waals surface area contributed by atoms with E-state index in [1.165, 1.54) is 12.1 Å². The summed E-state index contributed by atoms with van der Waals surface area (Å²) in [6.07, 6.45) is 1.96. The van der Waals surface area contributed by atoms with Crippen molar-refractivity contribution in [3.63, 3.8) is 0 Å². The van der Waals surface area contributed by atoms with Crippen molar-refractivity contribution >= 4 is 11.8 Å². The molecule has 2 aromatic carbocycles. The van der Waals surface area contributed by atoms with E-state index < -0.39 is 11.8 Å². The highest BCUT2D eigenvalue weighted by Gasteiger charge is 2.20. The molecular weight excluding hydrogens is 425 g/mol. The molecule has 1 atom stereocenters. The maximum Gasteiger partial charge on any atom is 0.273 e. The van der Waals surface area contributed by atoms with Crippen LogP contribution < -0.4 is 15.6 Å². The maximum absolute atomic E-state index is 13.3. The predicted octanol–water partition coefficient (Wildman–Crippen LogP) is 3.87. The van der Waals surface area contributed by atoms with Gasteiger partial charge in [0.1, 0.15) is 18.2 Å². The molecule has 3 aromatic rings. The van der Waals surface area contributed by atoms with Crippen LogP contribution in [0.15, 0.2) is 54.6 Å². The highest BCUT2D eigenvalue weighted by atomic mass is 19.1. The molecule has 1 aliphatic heterocycles. The van der Waals surface area contributed by atoms with Gasteiger partial charge >= 0.3 is 0 Å². The molecule has 2 amide bonds. The standard InChI is InChI=1S/C25H26FN3O4/c1-16-14-22(17(2)29(16)19-11-9-18(26)10-12-19)25(31)28-27-24(30)21-7-3-4-8-23(21)33-15-20-6-5-13-32-20/h3-4,7-12,14,20H,5-6,13,15H2,1-2H3,(H,27,30)(H,28,31). The van der Waals surface area contributed by atoms with Crippen LogP contribution in [0.25, 0.3) is 5.69 Å². The summed E-state index contributed by atoms with van der Waals surface area (Å²) >= 11 is 0. The van der Waals surface area contributed by atoms with Crippen molar-refractivity contribution in [1.82, 2.24) is 15.4 Å². The van der Waals surface area contributed by atoms with Crippen LogP contribution >= 0.6 is 0 Å².